The van der Waals surface area contributed by atoms with Crippen LogP contribution in [0.4, 0.5) is 5.82 Å². The largest absolute Gasteiger partial charge is 0.293 e. The molecule has 1 aliphatic heterocycles. The Bertz CT molecular complexity index is 607. The molecule has 1 unspecified atom stereocenters. The van der Waals surface area contributed by atoms with Crippen molar-refractivity contribution in [2.24, 2.45) is 0 Å². The van der Waals surface area contributed by atoms with Crippen LogP contribution in [0.3, 0.4) is 0 Å². The molecule has 0 aliphatic carbocycles. The first kappa shape index (κ1) is 13.8. The van der Waals surface area contributed by atoms with E-state index in [4.69, 9.17) is 33.9 Å². The number of anilines is 1. The van der Waals surface area contributed by atoms with Crippen molar-refractivity contribution < 1.29 is 13.2 Å². The van der Waals surface area contributed by atoms with Crippen molar-refractivity contribution in [1.29, 1.82) is 0 Å². The number of aromatic nitrogens is 2. The van der Waals surface area contributed by atoms with Crippen molar-refractivity contribution in [3.05, 3.63) is 16.5 Å². The lowest BCUT2D eigenvalue weighted by molar-refractivity contribution is -0.117. The van der Waals surface area contributed by atoms with Crippen LogP contribution >= 0.6 is 33.9 Å². The van der Waals surface area contributed by atoms with E-state index in [0.29, 0.717) is 0 Å². The molecule has 0 radical (unpaired) electrons. The maximum Gasteiger partial charge on any atom is 0.237 e. The van der Waals surface area contributed by atoms with Gasteiger partial charge in [-0.05, 0) is 0 Å². The summed E-state index contributed by atoms with van der Waals surface area (Å²) in [5, 5.41) is -0.958. The Morgan fingerprint density at radius 2 is 2.06 bits per heavy atom. The predicted octanol–water partition coefficient (Wildman–Crippen LogP) is 1.46. The third-order valence-electron chi connectivity index (χ3n) is 2.43. The van der Waals surface area contributed by atoms with Crippen LogP contribution in [0.1, 0.15) is 6.42 Å². The number of rotatable bonds is 2. The Hall–Kier alpha value is -0.630. The Morgan fingerprint density at radius 1 is 1.39 bits per heavy atom. The zero-order valence-corrected chi connectivity index (χ0v) is 11.8. The molecule has 1 aliphatic rings. The number of carbonyl (C=O) groups is 1. The molecule has 0 saturated carbocycles. The van der Waals surface area contributed by atoms with Gasteiger partial charge in [-0.15, -0.1) is 0 Å². The number of hydrogen-bond donors (Lipinski definition) is 0. The zero-order chi connectivity index (χ0) is 13.5. The second-order valence-electron chi connectivity index (χ2n) is 3.61. The fraction of sp³-hybridized carbons (Fsp3) is 0.375. The minimum absolute atomic E-state index is 0.0662. The fourth-order valence-electron chi connectivity index (χ4n) is 1.59. The second kappa shape index (κ2) is 4.80. The minimum atomic E-state index is -3.81. The zero-order valence-electron chi connectivity index (χ0n) is 8.68. The summed E-state index contributed by atoms with van der Waals surface area (Å²) >= 11 is 11.4. The van der Waals surface area contributed by atoms with Crippen LogP contribution in [0.5, 0.6) is 0 Å². The normalized spacial score (nSPS) is 20.5. The van der Waals surface area contributed by atoms with Crippen LogP contribution < -0.4 is 4.90 Å². The van der Waals surface area contributed by atoms with Gasteiger partial charge in [0, 0.05) is 23.6 Å². The molecule has 2 rings (SSSR count). The Morgan fingerprint density at radius 3 is 2.56 bits per heavy atom. The number of hydrogen-bond acceptors (Lipinski definition) is 5. The van der Waals surface area contributed by atoms with Crippen LogP contribution in [0, 0.1) is 0 Å². The van der Waals surface area contributed by atoms with Gasteiger partial charge in [-0.1, -0.05) is 23.2 Å². The predicted molar refractivity (Wildman–Crippen MR) is 67.6 cm³/mol. The molecule has 0 bridgehead atoms. The summed E-state index contributed by atoms with van der Waals surface area (Å²) in [5.41, 5.74) is 0. The molecule has 0 N–H and O–H groups in total. The van der Waals surface area contributed by atoms with Gasteiger partial charge >= 0.3 is 0 Å². The highest BCUT2D eigenvalue weighted by atomic mass is 35.7. The Kier molecular flexibility index (Phi) is 3.68. The molecule has 1 aromatic heterocycles. The summed E-state index contributed by atoms with van der Waals surface area (Å²) in [6, 6.07) is 0. The number of amides is 1. The summed E-state index contributed by atoms with van der Waals surface area (Å²) < 4.78 is 22.4. The van der Waals surface area contributed by atoms with Crippen molar-refractivity contribution in [3.63, 3.8) is 0 Å². The van der Waals surface area contributed by atoms with Gasteiger partial charge in [0.2, 0.25) is 15.0 Å². The first-order valence-electron chi connectivity index (χ1n) is 4.71. The van der Waals surface area contributed by atoms with E-state index in [2.05, 4.69) is 9.97 Å². The van der Waals surface area contributed by atoms with E-state index in [0.717, 1.165) is 4.90 Å². The van der Waals surface area contributed by atoms with E-state index in [1.165, 1.54) is 6.20 Å². The molecular formula is C8H6Cl3N3O3S. The van der Waals surface area contributed by atoms with Gasteiger partial charge in [0.25, 0.3) is 0 Å². The van der Waals surface area contributed by atoms with Crippen LogP contribution in [0.15, 0.2) is 6.20 Å². The molecule has 6 nitrogen and oxygen atoms in total. The smallest absolute Gasteiger partial charge is 0.237 e. The molecule has 10 heteroatoms. The lowest BCUT2D eigenvalue weighted by Crippen LogP contribution is -2.28. The van der Waals surface area contributed by atoms with Crippen molar-refractivity contribution in [1.82, 2.24) is 9.97 Å². The maximum atomic E-state index is 11.7. The van der Waals surface area contributed by atoms with Gasteiger partial charge in [-0.2, -0.15) is 0 Å². The van der Waals surface area contributed by atoms with Crippen LogP contribution in [-0.2, 0) is 13.8 Å². The monoisotopic (exact) mass is 329 g/mol. The molecule has 0 aromatic carbocycles. The molecular weight excluding hydrogens is 325 g/mol. The summed E-state index contributed by atoms with van der Waals surface area (Å²) in [4.78, 5) is 20.4. The molecule has 18 heavy (non-hydrogen) atoms. The molecule has 98 valence electrons. The van der Waals surface area contributed by atoms with E-state index in [1.807, 2.05) is 0 Å². The highest BCUT2D eigenvalue weighted by Crippen LogP contribution is 2.29. The molecule has 1 saturated heterocycles. The molecule has 0 spiro atoms. The van der Waals surface area contributed by atoms with Crippen LogP contribution in [0.2, 0.25) is 10.3 Å². The third-order valence-corrected chi connectivity index (χ3v) is 4.73. The lowest BCUT2D eigenvalue weighted by atomic mass is 10.4. The average molecular weight is 331 g/mol. The third kappa shape index (κ3) is 2.69. The van der Waals surface area contributed by atoms with Gasteiger partial charge in [-0.3, -0.25) is 9.69 Å². The van der Waals surface area contributed by atoms with Crippen LogP contribution in [-0.4, -0.2) is 36.1 Å². The SMILES string of the molecule is O=C1CC(S(=O)(=O)Cl)CN1c1ncc(Cl)nc1Cl. The number of halogens is 3. The molecule has 1 aromatic rings. The van der Waals surface area contributed by atoms with Crippen molar-refractivity contribution in [2.45, 2.75) is 11.7 Å². The quantitative estimate of drug-likeness (QED) is 0.767. The summed E-state index contributed by atoms with van der Waals surface area (Å²) in [5.74, 6) is -0.350. The average Bonchev–Trinajstić information content (AvgIpc) is 2.60. The second-order valence-corrected chi connectivity index (χ2v) is 7.27. The van der Waals surface area contributed by atoms with Gasteiger partial charge in [0.05, 0.1) is 6.20 Å². The van der Waals surface area contributed by atoms with Crippen LogP contribution in [0.25, 0.3) is 0 Å². The Balaban J connectivity index is 2.33. The molecule has 1 amide bonds. The van der Waals surface area contributed by atoms with Gasteiger partial charge in [-0.25, -0.2) is 18.4 Å². The van der Waals surface area contributed by atoms with E-state index in [9.17, 15) is 13.2 Å². The Labute approximate surface area is 117 Å². The molecule has 1 atom stereocenters. The first-order chi connectivity index (χ1) is 8.29. The van der Waals surface area contributed by atoms with Gasteiger partial charge < -0.3 is 0 Å². The van der Waals surface area contributed by atoms with Crippen molar-refractivity contribution >= 4 is 54.7 Å². The number of nitrogens with zero attached hydrogens (tertiary/aromatic N) is 3. The molecule has 2 heterocycles. The van der Waals surface area contributed by atoms with Gasteiger partial charge in [0.1, 0.15) is 10.4 Å². The van der Waals surface area contributed by atoms with E-state index < -0.39 is 20.2 Å². The van der Waals surface area contributed by atoms with Crippen molar-refractivity contribution in [2.75, 3.05) is 11.4 Å². The van der Waals surface area contributed by atoms with E-state index in [-0.39, 0.29) is 29.1 Å². The summed E-state index contributed by atoms with van der Waals surface area (Å²) in [6.07, 6.45) is 1.02. The topological polar surface area (TPSA) is 80.2 Å². The fourth-order valence-corrected chi connectivity index (χ4v) is 3.03. The van der Waals surface area contributed by atoms with Crippen molar-refractivity contribution in [3.8, 4) is 0 Å². The first-order valence-corrected chi connectivity index (χ1v) is 7.84. The van der Waals surface area contributed by atoms with E-state index >= 15 is 0 Å². The van der Waals surface area contributed by atoms with E-state index in [1.54, 1.807) is 0 Å². The maximum absolute atomic E-state index is 11.7. The number of carbonyl (C=O) groups excluding carboxylic acids is 1. The highest BCUT2D eigenvalue weighted by Gasteiger charge is 2.39. The lowest BCUT2D eigenvalue weighted by Gasteiger charge is -2.15. The van der Waals surface area contributed by atoms with Gasteiger partial charge in [0.15, 0.2) is 11.0 Å². The molecule has 1 fully saturated rings. The standard InChI is InChI=1S/C8H6Cl3N3O3S/c9-5-2-12-8(7(10)13-5)14-3-4(1-6(14)15)18(11,16)17/h2,4H,1,3H2. The highest BCUT2D eigenvalue weighted by molar-refractivity contribution is 8.14. The summed E-state index contributed by atoms with van der Waals surface area (Å²) in [6.45, 7) is -0.0965. The summed E-state index contributed by atoms with van der Waals surface area (Å²) in [7, 11) is 1.42. The minimum Gasteiger partial charge on any atom is -0.293 e.